The summed E-state index contributed by atoms with van der Waals surface area (Å²) in [7, 11) is 0. The summed E-state index contributed by atoms with van der Waals surface area (Å²) in [5, 5.41) is 3.77. The van der Waals surface area contributed by atoms with Crippen molar-refractivity contribution in [1.29, 1.82) is 0 Å². The quantitative estimate of drug-likeness (QED) is 0.422. The van der Waals surface area contributed by atoms with E-state index >= 15 is 0 Å². The smallest absolute Gasteiger partial charge is 0.119 e. The van der Waals surface area contributed by atoms with Crippen molar-refractivity contribution in [2.24, 2.45) is 10.6 Å². The highest BCUT2D eigenvalue weighted by Gasteiger charge is 2.10. The predicted octanol–water partition coefficient (Wildman–Crippen LogP) is 4.07. The molecule has 3 nitrogen and oxygen atoms in total. The topological polar surface area (TPSA) is 30.8 Å². The summed E-state index contributed by atoms with van der Waals surface area (Å²) in [4.78, 5) is 4.86. The third-order valence-electron chi connectivity index (χ3n) is 2.45. The Kier molecular flexibility index (Phi) is 6.40. The molecule has 0 saturated heterocycles. The van der Waals surface area contributed by atoms with Crippen LogP contribution in [0.25, 0.3) is 0 Å². The lowest BCUT2D eigenvalue weighted by Crippen LogP contribution is -2.08. The van der Waals surface area contributed by atoms with E-state index in [9.17, 15) is 0 Å². The maximum absolute atomic E-state index is 5.62. The molecule has 0 radical (unpaired) electrons. The first-order valence-corrected chi connectivity index (χ1v) is 6.87. The summed E-state index contributed by atoms with van der Waals surface area (Å²) in [6, 6.07) is 8.32. The molecule has 0 aliphatic rings. The van der Waals surface area contributed by atoms with Crippen LogP contribution < -0.4 is 4.74 Å². The molecule has 106 valence electrons. The SMILES string of the molecule is CCO/N=C/CCOc1ccc(CC(C)(C)C)cc1. The minimum atomic E-state index is 0.318. The Labute approximate surface area is 116 Å². The van der Waals surface area contributed by atoms with Gasteiger partial charge in [0, 0.05) is 12.6 Å². The molecule has 0 aliphatic carbocycles. The molecule has 0 saturated carbocycles. The van der Waals surface area contributed by atoms with Gasteiger partial charge in [-0.05, 0) is 36.5 Å². The van der Waals surface area contributed by atoms with Crippen molar-refractivity contribution < 1.29 is 9.57 Å². The zero-order valence-corrected chi connectivity index (χ0v) is 12.5. The molecule has 0 N–H and O–H groups in total. The molecule has 19 heavy (non-hydrogen) atoms. The lowest BCUT2D eigenvalue weighted by atomic mass is 9.88. The Morgan fingerprint density at radius 1 is 1.16 bits per heavy atom. The molecule has 0 unspecified atom stereocenters. The first-order valence-electron chi connectivity index (χ1n) is 6.87. The Bertz CT molecular complexity index is 377. The molecule has 0 aliphatic heterocycles. The van der Waals surface area contributed by atoms with Gasteiger partial charge in [-0.15, -0.1) is 0 Å². The molecule has 0 heterocycles. The highest BCUT2D eigenvalue weighted by Crippen LogP contribution is 2.22. The molecule has 1 aromatic carbocycles. The van der Waals surface area contributed by atoms with E-state index in [1.807, 2.05) is 19.1 Å². The van der Waals surface area contributed by atoms with Gasteiger partial charge in [-0.1, -0.05) is 38.1 Å². The van der Waals surface area contributed by atoms with Gasteiger partial charge in [0.15, 0.2) is 0 Å². The second-order valence-corrected chi connectivity index (χ2v) is 5.72. The van der Waals surface area contributed by atoms with Crippen molar-refractivity contribution in [3.8, 4) is 5.75 Å². The van der Waals surface area contributed by atoms with Crippen LogP contribution in [0.1, 0.15) is 39.7 Å². The molecule has 0 atom stereocenters. The zero-order chi connectivity index (χ0) is 14.1. The van der Waals surface area contributed by atoms with E-state index < -0.39 is 0 Å². The second-order valence-electron chi connectivity index (χ2n) is 5.72. The maximum atomic E-state index is 5.62. The van der Waals surface area contributed by atoms with E-state index in [0.29, 0.717) is 18.6 Å². The van der Waals surface area contributed by atoms with Gasteiger partial charge >= 0.3 is 0 Å². The fraction of sp³-hybridized carbons (Fsp3) is 0.562. The van der Waals surface area contributed by atoms with Crippen molar-refractivity contribution in [3.05, 3.63) is 29.8 Å². The average Bonchev–Trinajstić information content (AvgIpc) is 2.34. The van der Waals surface area contributed by atoms with Crippen LogP contribution in [0.3, 0.4) is 0 Å². The number of hydrogen-bond donors (Lipinski definition) is 0. The van der Waals surface area contributed by atoms with Crippen molar-refractivity contribution in [2.75, 3.05) is 13.2 Å². The summed E-state index contributed by atoms with van der Waals surface area (Å²) in [6.45, 7) is 9.87. The lowest BCUT2D eigenvalue weighted by Gasteiger charge is -2.18. The zero-order valence-electron chi connectivity index (χ0n) is 12.5. The molecule has 3 heteroatoms. The van der Waals surface area contributed by atoms with Crippen LogP contribution in [-0.2, 0) is 11.3 Å². The second kappa shape index (κ2) is 7.82. The van der Waals surface area contributed by atoms with Gasteiger partial charge in [0.05, 0.1) is 6.61 Å². The summed E-state index contributed by atoms with van der Waals surface area (Å²) >= 11 is 0. The molecular weight excluding hydrogens is 238 g/mol. The van der Waals surface area contributed by atoms with E-state index in [2.05, 4.69) is 38.1 Å². The number of ether oxygens (including phenoxy) is 1. The Morgan fingerprint density at radius 3 is 2.42 bits per heavy atom. The minimum absolute atomic E-state index is 0.318. The van der Waals surface area contributed by atoms with Crippen LogP contribution in [0.5, 0.6) is 5.75 Å². The van der Waals surface area contributed by atoms with Crippen molar-refractivity contribution >= 4 is 6.21 Å². The van der Waals surface area contributed by atoms with Crippen LogP contribution in [0, 0.1) is 5.41 Å². The van der Waals surface area contributed by atoms with Gasteiger partial charge in [-0.3, -0.25) is 0 Å². The van der Waals surface area contributed by atoms with Gasteiger partial charge < -0.3 is 9.57 Å². The van der Waals surface area contributed by atoms with E-state index in [4.69, 9.17) is 9.57 Å². The molecule has 0 aromatic heterocycles. The number of hydrogen-bond acceptors (Lipinski definition) is 3. The highest BCUT2D eigenvalue weighted by atomic mass is 16.6. The average molecular weight is 263 g/mol. The van der Waals surface area contributed by atoms with Gasteiger partial charge in [0.2, 0.25) is 0 Å². The highest BCUT2D eigenvalue weighted by molar-refractivity contribution is 5.56. The number of oxime groups is 1. The number of benzene rings is 1. The summed E-state index contributed by atoms with van der Waals surface area (Å²) in [5.41, 5.74) is 1.66. The molecular formula is C16H25NO2. The van der Waals surface area contributed by atoms with Crippen molar-refractivity contribution in [2.45, 2.75) is 40.5 Å². The Hall–Kier alpha value is -1.51. The van der Waals surface area contributed by atoms with Crippen LogP contribution in [0.4, 0.5) is 0 Å². The summed E-state index contributed by atoms with van der Waals surface area (Å²) < 4.78 is 5.62. The van der Waals surface area contributed by atoms with E-state index in [1.54, 1.807) is 6.21 Å². The molecule has 0 bridgehead atoms. The van der Waals surface area contributed by atoms with Crippen LogP contribution in [0.2, 0.25) is 0 Å². The largest absolute Gasteiger partial charge is 0.493 e. The number of rotatable bonds is 7. The molecule has 1 aromatic rings. The Morgan fingerprint density at radius 2 is 1.84 bits per heavy atom. The van der Waals surface area contributed by atoms with Crippen LogP contribution >= 0.6 is 0 Å². The van der Waals surface area contributed by atoms with E-state index in [-0.39, 0.29) is 0 Å². The van der Waals surface area contributed by atoms with Gasteiger partial charge in [0.25, 0.3) is 0 Å². The van der Waals surface area contributed by atoms with E-state index in [0.717, 1.165) is 18.6 Å². The standard InChI is InChI=1S/C16H25NO2/c1-5-19-17-11-6-12-18-15-9-7-14(8-10-15)13-16(2,3)4/h7-11H,5-6,12-13H2,1-4H3/b17-11+. The fourth-order valence-corrected chi connectivity index (χ4v) is 1.73. The third-order valence-corrected chi connectivity index (χ3v) is 2.45. The monoisotopic (exact) mass is 263 g/mol. The van der Waals surface area contributed by atoms with Gasteiger partial charge in [0.1, 0.15) is 12.4 Å². The third kappa shape index (κ3) is 7.50. The predicted molar refractivity (Wildman–Crippen MR) is 79.8 cm³/mol. The summed E-state index contributed by atoms with van der Waals surface area (Å²) in [6.07, 6.45) is 3.56. The molecule has 0 amide bonds. The normalized spacial score (nSPS) is 11.8. The Balaban J connectivity index is 2.32. The van der Waals surface area contributed by atoms with Crippen molar-refractivity contribution in [3.63, 3.8) is 0 Å². The van der Waals surface area contributed by atoms with E-state index in [1.165, 1.54) is 5.56 Å². The van der Waals surface area contributed by atoms with Gasteiger partial charge in [-0.2, -0.15) is 0 Å². The molecule has 1 rings (SSSR count). The lowest BCUT2D eigenvalue weighted by molar-refractivity contribution is 0.159. The fourth-order valence-electron chi connectivity index (χ4n) is 1.73. The first-order chi connectivity index (χ1) is 9.01. The molecule has 0 fully saturated rings. The maximum Gasteiger partial charge on any atom is 0.119 e. The summed E-state index contributed by atoms with van der Waals surface area (Å²) in [5.74, 6) is 0.905. The van der Waals surface area contributed by atoms with Crippen LogP contribution in [0.15, 0.2) is 29.4 Å². The minimum Gasteiger partial charge on any atom is -0.493 e. The molecule has 0 spiro atoms. The number of nitrogens with zero attached hydrogens (tertiary/aromatic N) is 1. The van der Waals surface area contributed by atoms with Crippen molar-refractivity contribution in [1.82, 2.24) is 0 Å². The van der Waals surface area contributed by atoms with Crippen LogP contribution in [-0.4, -0.2) is 19.4 Å². The van der Waals surface area contributed by atoms with Gasteiger partial charge in [-0.25, -0.2) is 0 Å². The first kappa shape index (κ1) is 15.5.